The zero-order valence-electron chi connectivity index (χ0n) is 28.6. The van der Waals surface area contributed by atoms with Crippen LogP contribution in [0.25, 0.3) is 91.5 Å². The van der Waals surface area contributed by atoms with E-state index in [0.29, 0.717) is 0 Å². The number of benzene rings is 9. The third-order valence-corrected chi connectivity index (χ3v) is 12.4. The predicted octanol–water partition coefficient (Wildman–Crippen LogP) is 14.6. The summed E-state index contributed by atoms with van der Waals surface area (Å²) in [6.07, 6.45) is 0. The van der Waals surface area contributed by atoms with Crippen LogP contribution in [0.1, 0.15) is 0 Å². The van der Waals surface area contributed by atoms with Crippen molar-refractivity contribution in [3.8, 4) is 27.9 Å². The van der Waals surface area contributed by atoms with Gasteiger partial charge in [-0.25, -0.2) is 0 Å². The Morgan fingerprint density at radius 3 is 1.58 bits per heavy atom. The summed E-state index contributed by atoms with van der Waals surface area (Å²) in [6.45, 7) is 0. The molecule has 0 unspecified atom stereocenters. The molecule has 0 fully saturated rings. The van der Waals surface area contributed by atoms with Gasteiger partial charge in [-0.05, 0) is 141 Å². The van der Waals surface area contributed by atoms with E-state index in [4.69, 9.17) is 0 Å². The highest BCUT2D eigenvalue weighted by Crippen LogP contribution is 2.51. The molecular weight excluding hydrogens is 661 g/mol. The number of hydrogen-bond acceptors (Lipinski definition) is 2. The Kier molecular flexibility index (Phi) is 5.96. The normalized spacial score (nSPS) is 12.2. The molecule has 0 N–H and O–H groups in total. The first-order valence-electron chi connectivity index (χ1n) is 18.2. The molecule has 2 nitrogen and oxygen atoms in total. The molecular formula is C50H30N2S. The summed E-state index contributed by atoms with van der Waals surface area (Å²) in [4.78, 5) is 2.39. The van der Waals surface area contributed by atoms with Crippen molar-refractivity contribution in [1.82, 2.24) is 4.57 Å². The Morgan fingerprint density at radius 2 is 0.868 bits per heavy atom. The zero-order chi connectivity index (χ0) is 34.6. The number of para-hydroxylation sites is 3. The molecule has 2 aromatic heterocycles. The summed E-state index contributed by atoms with van der Waals surface area (Å²) in [5.74, 6) is 0. The van der Waals surface area contributed by atoms with Crippen LogP contribution in [0.3, 0.4) is 0 Å². The summed E-state index contributed by atoms with van der Waals surface area (Å²) >= 11 is 1.86. The lowest BCUT2D eigenvalue weighted by molar-refractivity contribution is 1.19. The van der Waals surface area contributed by atoms with E-state index >= 15 is 0 Å². The van der Waals surface area contributed by atoms with Crippen LogP contribution in [-0.4, -0.2) is 4.57 Å². The quantitative estimate of drug-likeness (QED) is 0.178. The van der Waals surface area contributed by atoms with E-state index in [1.54, 1.807) is 0 Å². The van der Waals surface area contributed by atoms with E-state index < -0.39 is 0 Å². The fourth-order valence-corrected chi connectivity index (χ4v) is 9.84. The van der Waals surface area contributed by atoms with Crippen LogP contribution in [0.5, 0.6) is 0 Å². The zero-order valence-corrected chi connectivity index (χ0v) is 29.4. The number of rotatable bonds is 4. The third-order valence-electron chi connectivity index (χ3n) is 11.2. The first-order chi connectivity index (χ1) is 26.2. The fourth-order valence-electron chi connectivity index (χ4n) is 8.76. The molecule has 3 heteroatoms. The summed E-state index contributed by atoms with van der Waals surface area (Å²) in [6, 6.07) is 67.2. The molecule has 0 spiro atoms. The van der Waals surface area contributed by atoms with Gasteiger partial charge in [-0.1, -0.05) is 84.9 Å². The second kappa shape index (κ2) is 10.9. The fraction of sp³-hybridized carbons (Fsp3) is 0. The van der Waals surface area contributed by atoms with Gasteiger partial charge in [-0.3, -0.25) is 0 Å². The molecule has 11 aromatic rings. The minimum absolute atomic E-state index is 1.14. The van der Waals surface area contributed by atoms with E-state index in [9.17, 15) is 0 Å². The molecule has 12 rings (SSSR count). The molecule has 53 heavy (non-hydrogen) atoms. The third kappa shape index (κ3) is 4.26. The second-order valence-electron chi connectivity index (χ2n) is 14.2. The Bertz CT molecular complexity index is 3240. The lowest BCUT2D eigenvalue weighted by atomic mass is 9.78. The first-order valence-corrected chi connectivity index (χ1v) is 19.0. The van der Waals surface area contributed by atoms with Gasteiger partial charge in [-0.2, -0.15) is 0 Å². The molecule has 0 saturated carbocycles. The summed E-state index contributed by atoms with van der Waals surface area (Å²) in [7, 11) is 0. The van der Waals surface area contributed by atoms with E-state index in [1.807, 2.05) is 11.3 Å². The molecule has 0 saturated heterocycles. The number of aromatic nitrogens is 1. The Balaban J connectivity index is 0.977. The maximum absolute atomic E-state index is 2.41. The first kappa shape index (κ1) is 29.0. The molecule has 9 aromatic carbocycles. The molecule has 0 atom stereocenters. The average Bonchev–Trinajstić information content (AvgIpc) is 3.75. The SMILES string of the molecule is c1ccc(N(c2ccc3cc4c(cc3c2)-c2cc3cc(-n5c6ccccc6c6ccccc65)ccc3cc2-4)c2ccc3sc4ccccc4c3c2)cc1. The Hall–Kier alpha value is -6.68. The van der Waals surface area contributed by atoms with Crippen LogP contribution in [0.15, 0.2) is 182 Å². The summed E-state index contributed by atoms with van der Waals surface area (Å²) in [5.41, 5.74) is 12.4. The minimum Gasteiger partial charge on any atom is -0.310 e. The number of fused-ring (bicyclic) bond motifs is 12. The van der Waals surface area contributed by atoms with Crippen molar-refractivity contribution in [2.75, 3.05) is 4.90 Å². The summed E-state index contributed by atoms with van der Waals surface area (Å²) in [5, 5.41) is 10.2. The molecule has 1 aliphatic carbocycles. The predicted molar refractivity (Wildman–Crippen MR) is 228 cm³/mol. The van der Waals surface area contributed by atoms with E-state index in [1.165, 1.54) is 91.5 Å². The van der Waals surface area contributed by atoms with Crippen LogP contribution < -0.4 is 4.90 Å². The van der Waals surface area contributed by atoms with Crippen LogP contribution in [0.2, 0.25) is 0 Å². The lowest BCUT2D eigenvalue weighted by Gasteiger charge is -2.28. The van der Waals surface area contributed by atoms with E-state index in [2.05, 4.69) is 191 Å². The highest BCUT2D eigenvalue weighted by atomic mass is 32.1. The molecule has 0 aliphatic heterocycles. The summed E-state index contributed by atoms with van der Waals surface area (Å²) < 4.78 is 5.04. The minimum atomic E-state index is 1.14. The van der Waals surface area contributed by atoms with E-state index in [0.717, 1.165) is 17.1 Å². The molecule has 2 heterocycles. The topological polar surface area (TPSA) is 8.17 Å². The lowest BCUT2D eigenvalue weighted by Crippen LogP contribution is -2.09. The van der Waals surface area contributed by atoms with Gasteiger partial charge >= 0.3 is 0 Å². The Morgan fingerprint density at radius 1 is 0.340 bits per heavy atom. The number of hydrogen-bond donors (Lipinski definition) is 0. The van der Waals surface area contributed by atoms with Gasteiger partial charge in [0.1, 0.15) is 0 Å². The smallest absolute Gasteiger partial charge is 0.0541 e. The molecule has 0 amide bonds. The van der Waals surface area contributed by atoms with Crippen molar-refractivity contribution < 1.29 is 0 Å². The molecule has 246 valence electrons. The highest BCUT2D eigenvalue weighted by molar-refractivity contribution is 7.25. The number of anilines is 3. The number of nitrogens with zero attached hydrogens (tertiary/aromatic N) is 2. The van der Waals surface area contributed by atoms with Crippen molar-refractivity contribution in [3.05, 3.63) is 182 Å². The average molecular weight is 691 g/mol. The van der Waals surface area contributed by atoms with Crippen LogP contribution in [0, 0.1) is 0 Å². The van der Waals surface area contributed by atoms with Gasteiger partial charge in [0.2, 0.25) is 0 Å². The second-order valence-corrected chi connectivity index (χ2v) is 15.3. The molecule has 0 bridgehead atoms. The van der Waals surface area contributed by atoms with Gasteiger partial charge in [0.15, 0.2) is 0 Å². The van der Waals surface area contributed by atoms with Gasteiger partial charge in [0, 0.05) is 53.7 Å². The molecule has 0 radical (unpaired) electrons. The standard InChI is InChI=1S/C50H30N2S/c1-2-10-35(11-3-1)51(38-22-23-50-46(30-38)41-14-6-9-17-49(41)53-50)36-20-18-31-26-42-43-27-32-19-21-37(25-34(32)29-45(43)44(42)28-33(31)24-36)52-47-15-7-4-12-39(47)40-13-5-8-16-48(40)52/h1-30H. The maximum Gasteiger partial charge on any atom is 0.0541 e. The van der Waals surface area contributed by atoms with Crippen molar-refractivity contribution in [1.29, 1.82) is 0 Å². The monoisotopic (exact) mass is 690 g/mol. The molecule has 1 aliphatic rings. The van der Waals surface area contributed by atoms with Crippen molar-refractivity contribution >= 4 is 91.9 Å². The number of thiophene rings is 1. The van der Waals surface area contributed by atoms with Gasteiger partial charge < -0.3 is 9.47 Å². The largest absolute Gasteiger partial charge is 0.310 e. The van der Waals surface area contributed by atoms with E-state index in [-0.39, 0.29) is 0 Å². The van der Waals surface area contributed by atoms with Crippen molar-refractivity contribution in [2.45, 2.75) is 0 Å². The Labute approximate surface area is 310 Å². The van der Waals surface area contributed by atoms with Crippen LogP contribution in [-0.2, 0) is 0 Å². The van der Waals surface area contributed by atoms with Crippen molar-refractivity contribution in [3.63, 3.8) is 0 Å². The van der Waals surface area contributed by atoms with Crippen molar-refractivity contribution in [2.24, 2.45) is 0 Å². The van der Waals surface area contributed by atoms with Gasteiger partial charge in [-0.15, -0.1) is 11.3 Å². The van der Waals surface area contributed by atoms with Gasteiger partial charge in [0.05, 0.1) is 11.0 Å². The maximum atomic E-state index is 2.41. The van der Waals surface area contributed by atoms with Gasteiger partial charge in [0.25, 0.3) is 0 Å². The highest BCUT2D eigenvalue weighted by Gasteiger charge is 2.25. The van der Waals surface area contributed by atoms with Crippen LogP contribution in [0.4, 0.5) is 17.1 Å². The van der Waals surface area contributed by atoms with Crippen LogP contribution >= 0.6 is 11.3 Å².